The number of hydrogen-bond donors (Lipinski definition) is 2. The van der Waals surface area contributed by atoms with Crippen LogP contribution in [0.1, 0.15) is 5.01 Å². The van der Waals surface area contributed by atoms with E-state index in [1.54, 1.807) is 24.3 Å². The maximum absolute atomic E-state index is 12.3. The highest BCUT2D eigenvalue weighted by molar-refractivity contribution is 7.15. The molecule has 0 aliphatic heterocycles. The number of nitrogens with two attached hydrogens (primary N) is 1. The van der Waals surface area contributed by atoms with E-state index in [0.29, 0.717) is 22.7 Å². The summed E-state index contributed by atoms with van der Waals surface area (Å²) in [5.41, 5.74) is 6.65. The highest BCUT2D eigenvalue weighted by atomic mass is 32.1. The van der Waals surface area contributed by atoms with Crippen LogP contribution >= 0.6 is 11.3 Å². The molecule has 0 atom stereocenters. The van der Waals surface area contributed by atoms with Crippen molar-refractivity contribution in [2.24, 2.45) is 0 Å². The standard InChI is InChI=1S/C9H7F3N4S/c10-9(11,12)7-15-16-8(17-7)14-6-3-1-5(13)2-4-6/h1-4H,13H2,(H,14,16). The zero-order chi connectivity index (χ0) is 12.5. The van der Waals surface area contributed by atoms with Crippen molar-refractivity contribution in [2.45, 2.75) is 6.18 Å². The normalized spacial score (nSPS) is 11.5. The number of alkyl halides is 3. The lowest BCUT2D eigenvalue weighted by atomic mass is 10.3. The average Bonchev–Trinajstić information content (AvgIpc) is 2.69. The first-order valence-electron chi connectivity index (χ1n) is 4.48. The summed E-state index contributed by atoms with van der Waals surface area (Å²) in [5, 5.41) is 8.29. The summed E-state index contributed by atoms with van der Waals surface area (Å²) < 4.78 is 36.8. The van der Waals surface area contributed by atoms with Crippen LogP contribution in [0.2, 0.25) is 0 Å². The lowest BCUT2D eigenvalue weighted by molar-refractivity contribution is -0.138. The number of hydrogen-bond acceptors (Lipinski definition) is 5. The van der Waals surface area contributed by atoms with Gasteiger partial charge in [-0.1, -0.05) is 11.3 Å². The Balaban J connectivity index is 2.14. The smallest absolute Gasteiger partial charge is 0.399 e. The van der Waals surface area contributed by atoms with Gasteiger partial charge < -0.3 is 11.1 Å². The van der Waals surface area contributed by atoms with Crippen LogP contribution in [0.25, 0.3) is 0 Å². The fourth-order valence-electron chi connectivity index (χ4n) is 1.08. The third-order valence-electron chi connectivity index (χ3n) is 1.83. The molecule has 0 spiro atoms. The fourth-order valence-corrected chi connectivity index (χ4v) is 1.71. The highest BCUT2D eigenvalue weighted by Crippen LogP contribution is 2.33. The van der Waals surface area contributed by atoms with Gasteiger partial charge in [-0.3, -0.25) is 0 Å². The molecule has 0 amide bonds. The van der Waals surface area contributed by atoms with Crippen molar-refractivity contribution in [2.75, 3.05) is 11.1 Å². The van der Waals surface area contributed by atoms with Gasteiger partial charge in [0.05, 0.1) is 0 Å². The zero-order valence-corrected chi connectivity index (χ0v) is 9.14. The van der Waals surface area contributed by atoms with Gasteiger partial charge in [0.2, 0.25) is 10.1 Å². The van der Waals surface area contributed by atoms with E-state index in [2.05, 4.69) is 15.5 Å². The Bertz CT molecular complexity index is 506. The molecule has 3 N–H and O–H groups in total. The molecule has 1 heterocycles. The van der Waals surface area contributed by atoms with Gasteiger partial charge in [0, 0.05) is 11.4 Å². The molecule has 8 heteroatoms. The molecule has 0 saturated carbocycles. The molecule has 90 valence electrons. The number of rotatable bonds is 2. The van der Waals surface area contributed by atoms with Crippen molar-refractivity contribution in [3.8, 4) is 0 Å². The minimum absolute atomic E-state index is 0.0853. The van der Waals surface area contributed by atoms with Gasteiger partial charge in [-0.15, -0.1) is 10.2 Å². The van der Waals surface area contributed by atoms with Crippen LogP contribution in [0, 0.1) is 0 Å². The lowest BCUT2D eigenvalue weighted by Gasteiger charge is -2.01. The molecular weight excluding hydrogens is 253 g/mol. The minimum atomic E-state index is -4.46. The van der Waals surface area contributed by atoms with Crippen molar-refractivity contribution in [3.05, 3.63) is 29.3 Å². The van der Waals surface area contributed by atoms with Gasteiger partial charge in [-0.25, -0.2) is 0 Å². The summed E-state index contributed by atoms with van der Waals surface area (Å²) in [6, 6.07) is 6.55. The number of anilines is 3. The fraction of sp³-hybridized carbons (Fsp3) is 0.111. The molecule has 17 heavy (non-hydrogen) atoms. The topological polar surface area (TPSA) is 63.8 Å². The summed E-state index contributed by atoms with van der Waals surface area (Å²) in [6.07, 6.45) is -4.46. The highest BCUT2D eigenvalue weighted by Gasteiger charge is 2.35. The Morgan fingerprint density at radius 3 is 2.29 bits per heavy atom. The summed E-state index contributed by atoms with van der Waals surface area (Å²) in [4.78, 5) is 0. The predicted molar refractivity (Wildman–Crippen MR) is 59.0 cm³/mol. The van der Waals surface area contributed by atoms with E-state index in [9.17, 15) is 13.2 Å². The zero-order valence-electron chi connectivity index (χ0n) is 8.32. The van der Waals surface area contributed by atoms with Gasteiger partial charge in [-0.2, -0.15) is 13.2 Å². The van der Waals surface area contributed by atoms with E-state index in [4.69, 9.17) is 5.73 Å². The van der Waals surface area contributed by atoms with Gasteiger partial charge in [0.15, 0.2) is 0 Å². The number of benzene rings is 1. The van der Waals surface area contributed by atoms with Gasteiger partial charge in [-0.05, 0) is 24.3 Å². The molecule has 0 saturated heterocycles. The van der Waals surface area contributed by atoms with E-state index in [-0.39, 0.29) is 5.13 Å². The van der Waals surface area contributed by atoms with Crippen LogP contribution in [0.4, 0.5) is 29.7 Å². The Hall–Kier alpha value is -1.83. The molecule has 0 bridgehead atoms. The van der Waals surface area contributed by atoms with Crippen LogP contribution in [-0.4, -0.2) is 10.2 Å². The SMILES string of the molecule is Nc1ccc(Nc2nnc(C(F)(F)F)s2)cc1. The molecule has 2 rings (SSSR count). The quantitative estimate of drug-likeness (QED) is 0.815. The number of nitrogen functional groups attached to an aromatic ring is 1. The average molecular weight is 260 g/mol. The Labute approximate surface area is 98.3 Å². The maximum atomic E-state index is 12.3. The van der Waals surface area contributed by atoms with Crippen molar-refractivity contribution < 1.29 is 13.2 Å². The second-order valence-electron chi connectivity index (χ2n) is 3.16. The van der Waals surface area contributed by atoms with Crippen LogP contribution < -0.4 is 11.1 Å². The summed E-state index contributed by atoms with van der Waals surface area (Å²) in [5.74, 6) is 0. The van der Waals surface area contributed by atoms with E-state index in [1.807, 2.05) is 0 Å². The lowest BCUT2D eigenvalue weighted by Crippen LogP contribution is -2.03. The molecular formula is C9H7F3N4S. The van der Waals surface area contributed by atoms with Crippen molar-refractivity contribution in [3.63, 3.8) is 0 Å². The first-order chi connectivity index (χ1) is 7.95. The monoisotopic (exact) mass is 260 g/mol. The minimum Gasteiger partial charge on any atom is -0.399 e. The van der Waals surface area contributed by atoms with Crippen LogP contribution in [0.15, 0.2) is 24.3 Å². The number of aromatic nitrogens is 2. The Morgan fingerprint density at radius 1 is 1.12 bits per heavy atom. The van der Waals surface area contributed by atoms with E-state index < -0.39 is 11.2 Å². The number of nitrogens with zero attached hydrogens (tertiary/aromatic N) is 2. The first kappa shape index (κ1) is 11.6. The summed E-state index contributed by atoms with van der Waals surface area (Å²) in [7, 11) is 0. The molecule has 0 aliphatic carbocycles. The predicted octanol–water partition coefficient (Wildman–Crippen LogP) is 2.88. The summed E-state index contributed by atoms with van der Waals surface area (Å²) in [6.45, 7) is 0. The number of halogens is 3. The van der Waals surface area contributed by atoms with Crippen LogP contribution in [0.3, 0.4) is 0 Å². The Morgan fingerprint density at radius 2 is 1.76 bits per heavy atom. The van der Waals surface area contributed by atoms with Gasteiger partial charge in [0.1, 0.15) is 0 Å². The molecule has 0 unspecified atom stereocenters. The Kier molecular flexibility index (Phi) is 2.88. The summed E-state index contributed by atoms with van der Waals surface area (Å²) >= 11 is 0.449. The van der Waals surface area contributed by atoms with Crippen molar-refractivity contribution in [1.82, 2.24) is 10.2 Å². The maximum Gasteiger partial charge on any atom is 0.445 e. The largest absolute Gasteiger partial charge is 0.445 e. The van der Waals surface area contributed by atoms with E-state index >= 15 is 0 Å². The second-order valence-corrected chi connectivity index (χ2v) is 4.13. The molecule has 0 radical (unpaired) electrons. The molecule has 1 aromatic heterocycles. The molecule has 4 nitrogen and oxygen atoms in total. The second kappa shape index (κ2) is 4.21. The van der Waals surface area contributed by atoms with E-state index in [0.717, 1.165) is 0 Å². The van der Waals surface area contributed by atoms with Gasteiger partial charge in [0.25, 0.3) is 0 Å². The van der Waals surface area contributed by atoms with Crippen molar-refractivity contribution in [1.29, 1.82) is 0 Å². The number of nitrogens with one attached hydrogen (secondary N) is 1. The molecule has 2 aromatic rings. The van der Waals surface area contributed by atoms with E-state index in [1.165, 1.54) is 0 Å². The molecule has 1 aromatic carbocycles. The van der Waals surface area contributed by atoms with Gasteiger partial charge >= 0.3 is 6.18 Å². The molecule has 0 aliphatic rings. The van der Waals surface area contributed by atoms with Crippen molar-refractivity contribution >= 4 is 27.8 Å². The third kappa shape index (κ3) is 2.84. The van der Waals surface area contributed by atoms with Crippen LogP contribution in [-0.2, 0) is 6.18 Å². The van der Waals surface area contributed by atoms with Crippen LogP contribution in [0.5, 0.6) is 0 Å². The molecule has 0 fully saturated rings. The first-order valence-corrected chi connectivity index (χ1v) is 5.30. The third-order valence-corrected chi connectivity index (χ3v) is 2.71.